The minimum atomic E-state index is -4.54. The lowest BCUT2D eigenvalue weighted by Crippen LogP contribution is -2.60. The zero-order valence-corrected chi connectivity index (χ0v) is 27.7. The first kappa shape index (κ1) is 30.8. The molecule has 0 spiro atoms. The summed E-state index contributed by atoms with van der Waals surface area (Å²) >= 11 is 0. The third-order valence-electron chi connectivity index (χ3n) is 9.88. The van der Waals surface area contributed by atoms with E-state index in [1.165, 1.54) is 12.3 Å². The number of amides is 1. The molecule has 49 heavy (non-hydrogen) atoms. The van der Waals surface area contributed by atoms with Gasteiger partial charge in [-0.1, -0.05) is 18.2 Å². The molecule has 5 heterocycles. The number of ether oxygens (including phenoxy) is 2. The molecule has 3 aromatic carbocycles. The van der Waals surface area contributed by atoms with Crippen LogP contribution in [0, 0.1) is 11.3 Å². The van der Waals surface area contributed by atoms with Gasteiger partial charge in [0.1, 0.15) is 16.4 Å². The van der Waals surface area contributed by atoms with E-state index in [2.05, 4.69) is 25.8 Å². The molecule has 11 nitrogen and oxygen atoms in total. The number of methoxy groups -OCH3 is 1. The highest BCUT2D eigenvalue weighted by molar-refractivity contribution is 7.93. The van der Waals surface area contributed by atoms with Gasteiger partial charge in [-0.2, -0.15) is 5.26 Å². The first-order chi connectivity index (χ1) is 23.8. The van der Waals surface area contributed by atoms with Gasteiger partial charge in [-0.05, 0) is 74.0 Å². The van der Waals surface area contributed by atoms with Crippen LogP contribution in [0.4, 0.5) is 11.4 Å². The molecule has 3 aliphatic heterocycles. The maximum atomic E-state index is 15.7. The smallest absolute Gasteiger partial charge is 0.273 e. The van der Waals surface area contributed by atoms with Crippen molar-refractivity contribution in [2.45, 2.75) is 35.9 Å². The molecule has 12 heteroatoms. The van der Waals surface area contributed by atoms with E-state index in [-0.39, 0.29) is 28.2 Å². The average Bonchev–Trinajstić information content (AvgIpc) is 3.82. The topological polar surface area (TPSA) is 129 Å². The maximum absolute atomic E-state index is 15.7. The monoisotopic (exact) mass is 672 g/mol. The molecule has 1 unspecified atom stereocenters. The highest BCUT2D eigenvalue weighted by Crippen LogP contribution is 2.56. The molecule has 246 valence electrons. The Hall–Kier alpha value is -5.51. The number of benzene rings is 3. The summed E-state index contributed by atoms with van der Waals surface area (Å²) in [5.74, 6) is 0.221. The van der Waals surface area contributed by atoms with Gasteiger partial charge in [-0.15, -0.1) is 0 Å². The van der Waals surface area contributed by atoms with Crippen LogP contribution in [-0.2, 0) is 20.4 Å². The second-order valence-electron chi connectivity index (χ2n) is 12.3. The van der Waals surface area contributed by atoms with Crippen molar-refractivity contribution in [1.29, 1.82) is 5.26 Å². The molecule has 0 N–H and O–H groups in total. The molecular weight excluding hydrogens is 641 g/mol. The molecule has 2 aromatic heterocycles. The van der Waals surface area contributed by atoms with Crippen LogP contribution < -0.4 is 18.7 Å². The fourth-order valence-electron chi connectivity index (χ4n) is 7.89. The summed E-state index contributed by atoms with van der Waals surface area (Å²) in [5.41, 5.74) is 0.926. The number of sulfonamides is 1. The number of piperazine rings is 1. The van der Waals surface area contributed by atoms with Crippen LogP contribution in [0.2, 0.25) is 0 Å². The van der Waals surface area contributed by atoms with E-state index in [1.54, 1.807) is 80.2 Å². The predicted octanol–water partition coefficient (Wildman–Crippen LogP) is 4.85. The third kappa shape index (κ3) is 4.49. The van der Waals surface area contributed by atoms with Gasteiger partial charge in [0.2, 0.25) is 0 Å². The maximum Gasteiger partial charge on any atom is 0.273 e. The van der Waals surface area contributed by atoms with E-state index in [0.29, 0.717) is 53.3 Å². The van der Waals surface area contributed by atoms with E-state index >= 15 is 4.79 Å². The van der Waals surface area contributed by atoms with Crippen molar-refractivity contribution in [3.05, 3.63) is 114 Å². The first-order valence-corrected chi connectivity index (χ1v) is 17.5. The molecule has 5 aromatic rings. The molecular formula is C37H32N6O5S. The Balaban J connectivity index is 1.39. The lowest BCUT2D eigenvalue weighted by atomic mass is 9.80. The summed E-state index contributed by atoms with van der Waals surface area (Å²) in [6, 6.07) is 24.5. The summed E-state index contributed by atoms with van der Waals surface area (Å²) in [4.78, 5) is 28.6. The lowest BCUT2D eigenvalue weighted by Gasteiger charge is -2.45. The van der Waals surface area contributed by atoms with Gasteiger partial charge >= 0.3 is 0 Å². The van der Waals surface area contributed by atoms with E-state index < -0.39 is 21.5 Å². The van der Waals surface area contributed by atoms with E-state index in [9.17, 15) is 13.7 Å². The van der Waals surface area contributed by atoms with Crippen molar-refractivity contribution in [2.75, 3.05) is 36.0 Å². The molecule has 1 amide bonds. The number of nitrogens with zero attached hydrogens (tertiary/aromatic N) is 6. The number of anilines is 2. The predicted molar refractivity (Wildman–Crippen MR) is 183 cm³/mol. The van der Waals surface area contributed by atoms with Gasteiger partial charge in [0.15, 0.2) is 5.54 Å². The van der Waals surface area contributed by atoms with Crippen LogP contribution in [-0.4, -0.2) is 68.1 Å². The number of para-hydroxylation sites is 1. The van der Waals surface area contributed by atoms with Crippen LogP contribution >= 0.6 is 0 Å². The van der Waals surface area contributed by atoms with Crippen molar-refractivity contribution in [3.63, 3.8) is 0 Å². The number of carbonyl (C=O) groups is 1. The van der Waals surface area contributed by atoms with Crippen molar-refractivity contribution < 1.29 is 22.7 Å². The SMILES string of the molecule is CCOc1ccc(OC)cc1C1(N2C[C@@H]3C[C@H]2CN3c2ccncc2)C(=O)N(S(=O)(=O)c2cccc3cccnc23)c2ccc(C#N)cc21. The zero-order chi connectivity index (χ0) is 33.9. The highest BCUT2D eigenvalue weighted by atomic mass is 32.2. The van der Waals surface area contributed by atoms with Gasteiger partial charge in [-0.25, -0.2) is 12.7 Å². The average molecular weight is 673 g/mol. The molecule has 0 saturated carbocycles. The molecule has 3 atom stereocenters. The summed E-state index contributed by atoms with van der Waals surface area (Å²) < 4.78 is 42.7. The largest absolute Gasteiger partial charge is 0.497 e. The molecule has 8 rings (SSSR count). The molecule has 3 aliphatic rings. The van der Waals surface area contributed by atoms with Gasteiger partial charge in [0, 0.05) is 66.0 Å². The summed E-state index contributed by atoms with van der Waals surface area (Å²) in [6.07, 6.45) is 5.80. The van der Waals surface area contributed by atoms with Crippen LogP contribution in [0.3, 0.4) is 0 Å². The molecule has 0 radical (unpaired) electrons. The Morgan fingerprint density at radius 2 is 1.78 bits per heavy atom. The van der Waals surface area contributed by atoms with Gasteiger partial charge in [0.25, 0.3) is 15.9 Å². The van der Waals surface area contributed by atoms with Crippen molar-refractivity contribution in [3.8, 4) is 17.6 Å². The van der Waals surface area contributed by atoms with Gasteiger partial charge in [0.05, 0.1) is 36.6 Å². The van der Waals surface area contributed by atoms with E-state index in [4.69, 9.17) is 9.47 Å². The van der Waals surface area contributed by atoms with Crippen LogP contribution in [0.15, 0.2) is 102 Å². The normalized spacial score (nSPS) is 21.6. The Kier molecular flexibility index (Phi) is 7.28. The van der Waals surface area contributed by atoms with Crippen molar-refractivity contribution >= 4 is 38.2 Å². The summed E-state index contributed by atoms with van der Waals surface area (Å²) in [7, 11) is -3.00. The first-order valence-electron chi connectivity index (χ1n) is 16.1. The Morgan fingerprint density at radius 3 is 2.51 bits per heavy atom. The number of fused-ring (bicyclic) bond motifs is 4. The number of carbonyl (C=O) groups excluding carboxylic acids is 1. The fraction of sp³-hybridized carbons (Fsp3) is 0.243. The molecule has 0 aliphatic carbocycles. The minimum absolute atomic E-state index is 0.0359. The Morgan fingerprint density at radius 1 is 0.959 bits per heavy atom. The number of likely N-dealkylation sites (tertiary alicyclic amines) is 1. The third-order valence-corrected chi connectivity index (χ3v) is 11.6. The van der Waals surface area contributed by atoms with E-state index in [1.807, 2.05) is 19.1 Å². The quantitative estimate of drug-likeness (QED) is 0.226. The highest BCUT2D eigenvalue weighted by Gasteiger charge is 2.65. The molecule has 2 saturated heterocycles. The van der Waals surface area contributed by atoms with Crippen LogP contribution in [0.25, 0.3) is 10.9 Å². The van der Waals surface area contributed by atoms with Crippen LogP contribution in [0.5, 0.6) is 11.5 Å². The molecule has 2 bridgehead atoms. The number of rotatable bonds is 8. The lowest BCUT2D eigenvalue weighted by molar-refractivity contribution is -0.127. The Labute approximate surface area is 284 Å². The van der Waals surface area contributed by atoms with Crippen molar-refractivity contribution in [2.24, 2.45) is 0 Å². The van der Waals surface area contributed by atoms with Gasteiger partial charge < -0.3 is 14.4 Å². The Bertz CT molecular complexity index is 2270. The molecule has 2 fully saturated rings. The zero-order valence-electron chi connectivity index (χ0n) is 26.9. The number of nitriles is 1. The summed E-state index contributed by atoms with van der Waals surface area (Å²) in [6.45, 7) is 3.21. The number of hydrogen-bond donors (Lipinski definition) is 0. The number of aromatic nitrogens is 2. The summed E-state index contributed by atoms with van der Waals surface area (Å²) in [5, 5.41) is 10.7. The van der Waals surface area contributed by atoms with E-state index in [0.717, 1.165) is 16.4 Å². The van der Waals surface area contributed by atoms with Gasteiger partial charge in [-0.3, -0.25) is 19.7 Å². The number of pyridine rings is 2. The van der Waals surface area contributed by atoms with Crippen molar-refractivity contribution in [1.82, 2.24) is 14.9 Å². The number of hydrogen-bond acceptors (Lipinski definition) is 10. The van der Waals surface area contributed by atoms with Crippen LogP contribution in [0.1, 0.15) is 30.0 Å². The minimum Gasteiger partial charge on any atom is -0.497 e. The standard InChI is InChI=1S/C37H32N6O5S/c1-3-48-33-12-10-29(47-2)20-31(33)37(42-23-27-19-28(42)22-41(27)26-13-16-39-17-14-26)30-18-24(21-38)9-11-32(30)43(36(37)44)49(45,46)34-8-4-6-25-7-5-15-40-35(25)34/h4-18,20,27-28H,3,19,22-23H2,1-2H3/t27-,28-,37?/m0/s1. The second-order valence-corrected chi connectivity index (χ2v) is 14.1. The second kappa shape index (κ2) is 11.6. The fourth-order valence-corrected chi connectivity index (χ4v) is 9.52.